The van der Waals surface area contributed by atoms with Crippen LogP contribution in [0.1, 0.15) is 11.1 Å². The van der Waals surface area contributed by atoms with Gasteiger partial charge < -0.3 is 11.1 Å². The van der Waals surface area contributed by atoms with E-state index < -0.39 is 0 Å². The van der Waals surface area contributed by atoms with E-state index in [1.54, 1.807) is 0 Å². The van der Waals surface area contributed by atoms with Gasteiger partial charge in [0.15, 0.2) is 5.96 Å². The summed E-state index contributed by atoms with van der Waals surface area (Å²) >= 11 is 3.51. The van der Waals surface area contributed by atoms with E-state index in [0.717, 1.165) is 15.5 Å². The molecule has 3 nitrogen and oxygen atoms in total. The highest BCUT2D eigenvalue weighted by molar-refractivity contribution is 9.10. The molecule has 0 bridgehead atoms. The van der Waals surface area contributed by atoms with Crippen LogP contribution in [0.4, 0.5) is 5.69 Å². The first-order chi connectivity index (χ1) is 8.16. The van der Waals surface area contributed by atoms with Crippen LogP contribution in [0.3, 0.4) is 0 Å². The number of halogens is 1. The third-order valence-electron chi connectivity index (χ3n) is 2.88. The molecule has 4 heteroatoms. The SMILES string of the molecule is N=C(N)Nc1c(Br)cc2c3c(cccc13)C=C2. The molecule has 0 radical (unpaired) electrons. The van der Waals surface area contributed by atoms with Gasteiger partial charge in [0.05, 0.1) is 5.69 Å². The molecule has 1 aliphatic rings. The maximum absolute atomic E-state index is 7.36. The predicted octanol–water partition coefficient (Wildman–Crippen LogP) is 3.39. The summed E-state index contributed by atoms with van der Waals surface area (Å²) in [5.74, 6) is -0.0580. The van der Waals surface area contributed by atoms with Crippen LogP contribution >= 0.6 is 15.9 Å². The molecule has 2 aromatic carbocycles. The molecular weight excluding hydrogens is 278 g/mol. The van der Waals surface area contributed by atoms with E-state index in [2.05, 4.69) is 39.5 Å². The van der Waals surface area contributed by atoms with Crippen LogP contribution in [0.2, 0.25) is 0 Å². The summed E-state index contributed by atoms with van der Waals surface area (Å²) in [6.45, 7) is 0. The number of benzene rings is 2. The Morgan fingerprint density at radius 1 is 1.24 bits per heavy atom. The lowest BCUT2D eigenvalue weighted by atomic mass is 10.0. The fourth-order valence-corrected chi connectivity index (χ4v) is 2.78. The van der Waals surface area contributed by atoms with Crippen molar-refractivity contribution in [1.82, 2.24) is 0 Å². The molecule has 0 saturated carbocycles. The Balaban J connectivity index is 2.38. The van der Waals surface area contributed by atoms with Crippen LogP contribution in [-0.4, -0.2) is 5.96 Å². The Kier molecular flexibility index (Phi) is 2.19. The van der Waals surface area contributed by atoms with Gasteiger partial charge in [0, 0.05) is 9.86 Å². The molecule has 0 aliphatic heterocycles. The van der Waals surface area contributed by atoms with Crippen LogP contribution in [0.15, 0.2) is 28.7 Å². The minimum absolute atomic E-state index is 0.0580. The van der Waals surface area contributed by atoms with E-state index >= 15 is 0 Å². The number of hydrogen-bond acceptors (Lipinski definition) is 1. The van der Waals surface area contributed by atoms with Gasteiger partial charge in [-0.3, -0.25) is 5.41 Å². The summed E-state index contributed by atoms with van der Waals surface area (Å²) in [6, 6.07) is 8.17. The van der Waals surface area contributed by atoms with Crippen molar-refractivity contribution in [3.63, 3.8) is 0 Å². The van der Waals surface area contributed by atoms with Crippen molar-refractivity contribution in [1.29, 1.82) is 5.41 Å². The fraction of sp³-hybridized carbons (Fsp3) is 0. The van der Waals surface area contributed by atoms with E-state index in [9.17, 15) is 0 Å². The third kappa shape index (κ3) is 1.52. The summed E-state index contributed by atoms with van der Waals surface area (Å²) in [7, 11) is 0. The topological polar surface area (TPSA) is 61.9 Å². The van der Waals surface area contributed by atoms with E-state index in [0.29, 0.717) is 0 Å². The smallest absolute Gasteiger partial charge is 0.190 e. The monoisotopic (exact) mass is 287 g/mol. The first-order valence-corrected chi connectivity index (χ1v) is 6.00. The Morgan fingerprint density at radius 2 is 2.00 bits per heavy atom. The average Bonchev–Trinajstić information content (AvgIpc) is 2.68. The highest BCUT2D eigenvalue weighted by atomic mass is 79.9. The summed E-state index contributed by atoms with van der Waals surface area (Å²) in [5.41, 5.74) is 8.66. The second kappa shape index (κ2) is 3.60. The Hall–Kier alpha value is -1.81. The highest BCUT2D eigenvalue weighted by Crippen LogP contribution is 2.39. The summed E-state index contributed by atoms with van der Waals surface area (Å²) in [6.07, 6.45) is 4.20. The second-order valence-electron chi connectivity index (χ2n) is 3.96. The number of hydrogen-bond donors (Lipinski definition) is 3. The molecule has 0 unspecified atom stereocenters. The van der Waals surface area contributed by atoms with E-state index in [1.165, 1.54) is 16.5 Å². The maximum atomic E-state index is 7.36. The standard InChI is InChI=1S/C13H10BrN3/c14-10-6-8-5-4-7-2-1-3-9(11(7)8)12(10)17-13(15)16/h1-6H,(H4,15,16,17). The summed E-state index contributed by atoms with van der Waals surface area (Å²) in [4.78, 5) is 0. The number of nitrogens with one attached hydrogen (secondary N) is 2. The first kappa shape index (κ1) is 10.4. The van der Waals surface area contributed by atoms with Crippen molar-refractivity contribution in [2.75, 3.05) is 5.32 Å². The van der Waals surface area contributed by atoms with Crippen molar-refractivity contribution >= 4 is 50.5 Å². The molecule has 1 aliphatic carbocycles. The van der Waals surface area contributed by atoms with Crippen LogP contribution in [-0.2, 0) is 0 Å². The van der Waals surface area contributed by atoms with Crippen LogP contribution in [0.5, 0.6) is 0 Å². The van der Waals surface area contributed by atoms with E-state index in [-0.39, 0.29) is 5.96 Å². The number of nitrogens with two attached hydrogens (primary N) is 1. The molecule has 0 amide bonds. The van der Waals surface area contributed by atoms with Crippen molar-refractivity contribution in [3.05, 3.63) is 39.9 Å². The van der Waals surface area contributed by atoms with Gasteiger partial charge in [-0.15, -0.1) is 0 Å². The molecule has 17 heavy (non-hydrogen) atoms. The Labute approximate surface area is 107 Å². The largest absolute Gasteiger partial charge is 0.370 e. The molecular formula is C13H10BrN3. The fourth-order valence-electron chi connectivity index (χ4n) is 2.22. The lowest BCUT2D eigenvalue weighted by Crippen LogP contribution is -2.20. The Morgan fingerprint density at radius 3 is 2.76 bits per heavy atom. The van der Waals surface area contributed by atoms with Gasteiger partial charge in [-0.05, 0) is 38.5 Å². The van der Waals surface area contributed by atoms with Gasteiger partial charge in [-0.25, -0.2) is 0 Å². The third-order valence-corrected chi connectivity index (χ3v) is 3.50. The molecule has 0 aromatic heterocycles. The van der Waals surface area contributed by atoms with Gasteiger partial charge in [-0.2, -0.15) is 0 Å². The zero-order valence-corrected chi connectivity index (χ0v) is 10.5. The van der Waals surface area contributed by atoms with Crippen molar-refractivity contribution in [2.24, 2.45) is 5.73 Å². The first-order valence-electron chi connectivity index (χ1n) is 5.21. The molecule has 3 rings (SSSR count). The zero-order chi connectivity index (χ0) is 12.0. The highest BCUT2D eigenvalue weighted by Gasteiger charge is 2.14. The van der Waals surface area contributed by atoms with Crippen molar-refractivity contribution in [3.8, 4) is 0 Å². The molecule has 0 atom stereocenters. The van der Waals surface area contributed by atoms with Gasteiger partial charge in [-0.1, -0.05) is 30.4 Å². The van der Waals surface area contributed by atoms with Crippen molar-refractivity contribution in [2.45, 2.75) is 0 Å². The zero-order valence-electron chi connectivity index (χ0n) is 8.92. The van der Waals surface area contributed by atoms with Crippen LogP contribution in [0, 0.1) is 5.41 Å². The van der Waals surface area contributed by atoms with Crippen LogP contribution < -0.4 is 11.1 Å². The number of guanidine groups is 1. The van der Waals surface area contributed by atoms with Gasteiger partial charge in [0.2, 0.25) is 0 Å². The average molecular weight is 288 g/mol. The molecule has 84 valence electrons. The summed E-state index contributed by atoms with van der Waals surface area (Å²) in [5, 5.41) is 12.5. The Bertz CT molecular complexity index is 674. The number of rotatable bonds is 1. The van der Waals surface area contributed by atoms with Gasteiger partial charge in [0.1, 0.15) is 0 Å². The van der Waals surface area contributed by atoms with E-state index in [1.807, 2.05) is 18.2 Å². The molecule has 0 spiro atoms. The summed E-state index contributed by atoms with van der Waals surface area (Å²) < 4.78 is 0.916. The lowest BCUT2D eigenvalue weighted by molar-refractivity contribution is 1.41. The second-order valence-corrected chi connectivity index (χ2v) is 4.82. The maximum Gasteiger partial charge on any atom is 0.190 e. The minimum atomic E-state index is -0.0580. The van der Waals surface area contributed by atoms with Crippen molar-refractivity contribution < 1.29 is 0 Å². The molecule has 0 heterocycles. The normalized spacial score (nSPS) is 12.1. The molecule has 4 N–H and O–H groups in total. The van der Waals surface area contributed by atoms with Gasteiger partial charge >= 0.3 is 0 Å². The molecule has 0 fully saturated rings. The lowest BCUT2D eigenvalue weighted by Gasteiger charge is -2.12. The predicted molar refractivity (Wildman–Crippen MR) is 76.1 cm³/mol. The molecule has 2 aromatic rings. The quantitative estimate of drug-likeness (QED) is 0.475. The van der Waals surface area contributed by atoms with Gasteiger partial charge in [0.25, 0.3) is 0 Å². The number of anilines is 1. The van der Waals surface area contributed by atoms with E-state index in [4.69, 9.17) is 11.1 Å². The molecule has 0 saturated heterocycles. The minimum Gasteiger partial charge on any atom is -0.370 e. The van der Waals surface area contributed by atoms with Crippen LogP contribution in [0.25, 0.3) is 22.9 Å².